The van der Waals surface area contributed by atoms with Crippen LogP contribution in [0.2, 0.25) is 0 Å². The van der Waals surface area contributed by atoms with Crippen molar-refractivity contribution in [1.29, 1.82) is 0 Å². The summed E-state index contributed by atoms with van der Waals surface area (Å²) in [6, 6.07) is 11.6. The number of rotatable bonds is 2. The van der Waals surface area contributed by atoms with Crippen molar-refractivity contribution in [2.45, 2.75) is 0 Å². The van der Waals surface area contributed by atoms with Gasteiger partial charge in [0.25, 0.3) is 0 Å². The summed E-state index contributed by atoms with van der Waals surface area (Å²) in [6.45, 7) is 0. The summed E-state index contributed by atoms with van der Waals surface area (Å²) < 4.78 is 10.5. The second-order valence-corrected chi connectivity index (χ2v) is 4.72. The van der Waals surface area contributed by atoms with Crippen molar-refractivity contribution in [2.24, 2.45) is 0 Å². The van der Waals surface area contributed by atoms with E-state index in [0.717, 1.165) is 16.5 Å². The molecule has 0 spiro atoms. The molecule has 90 valence electrons. The van der Waals surface area contributed by atoms with Crippen molar-refractivity contribution in [2.75, 3.05) is 7.11 Å². The number of ether oxygens (including phenoxy) is 1. The number of methoxy groups -OCH3 is 1. The first-order chi connectivity index (χ1) is 8.79. The normalized spacial score (nSPS) is 10.7. The van der Waals surface area contributed by atoms with Crippen molar-refractivity contribution >= 4 is 28.3 Å². The fourth-order valence-corrected chi connectivity index (χ4v) is 2.68. The lowest BCUT2D eigenvalue weighted by molar-refractivity contribution is 0.0607. The number of fused-ring (bicyclic) bond motifs is 1. The highest BCUT2D eigenvalue weighted by molar-refractivity contribution is 7.12. The van der Waals surface area contributed by atoms with E-state index in [4.69, 9.17) is 9.15 Å². The van der Waals surface area contributed by atoms with Gasteiger partial charge < -0.3 is 9.15 Å². The zero-order valence-electron chi connectivity index (χ0n) is 9.67. The molecular weight excluding hydrogens is 248 g/mol. The third-order valence-electron chi connectivity index (χ3n) is 2.73. The van der Waals surface area contributed by atoms with Crippen LogP contribution in [0.25, 0.3) is 22.3 Å². The molecule has 0 unspecified atom stereocenters. The number of para-hydroxylation sites is 1. The third kappa shape index (κ3) is 1.71. The van der Waals surface area contributed by atoms with E-state index in [1.807, 2.05) is 41.8 Å². The van der Waals surface area contributed by atoms with E-state index in [1.165, 1.54) is 18.4 Å². The Morgan fingerprint density at radius 3 is 2.89 bits per heavy atom. The second kappa shape index (κ2) is 4.31. The molecule has 4 heteroatoms. The zero-order chi connectivity index (χ0) is 12.5. The molecule has 3 rings (SSSR count). The maximum atomic E-state index is 11.6. The van der Waals surface area contributed by atoms with E-state index in [2.05, 4.69) is 0 Å². The van der Waals surface area contributed by atoms with Crippen LogP contribution in [0.5, 0.6) is 0 Å². The van der Waals surface area contributed by atoms with Gasteiger partial charge in [-0.3, -0.25) is 0 Å². The standard InChI is InChI=1S/C14H10O3S/c1-16-14(15)13-10(6-7-18-13)12-8-9-4-2-3-5-11(9)17-12/h2-8H,1H3. The molecule has 0 saturated heterocycles. The minimum atomic E-state index is -0.333. The van der Waals surface area contributed by atoms with Gasteiger partial charge in [0.05, 0.1) is 7.11 Å². The lowest BCUT2D eigenvalue weighted by atomic mass is 10.2. The van der Waals surface area contributed by atoms with Gasteiger partial charge in [0, 0.05) is 10.9 Å². The molecule has 3 aromatic rings. The van der Waals surface area contributed by atoms with Gasteiger partial charge in [-0.25, -0.2) is 4.79 Å². The van der Waals surface area contributed by atoms with Gasteiger partial charge in [-0.15, -0.1) is 11.3 Å². The molecule has 0 aliphatic heterocycles. The van der Waals surface area contributed by atoms with E-state index < -0.39 is 0 Å². The number of benzene rings is 1. The van der Waals surface area contributed by atoms with Gasteiger partial charge in [-0.2, -0.15) is 0 Å². The molecule has 2 heterocycles. The number of furan rings is 1. The number of carbonyl (C=O) groups is 1. The first-order valence-corrected chi connectivity index (χ1v) is 6.32. The van der Waals surface area contributed by atoms with Crippen LogP contribution in [0.3, 0.4) is 0 Å². The summed E-state index contributed by atoms with van der Waals surface area (Å²) in [4.78, 5) is 12.2. The van der Waals surface area contributed by atoms with Crippen LogP contribution in [0.1, 0.15) is 9.67 Å². The zero-order valence-corrected chi connectivity index (χ0v) is 10.5. The van der Waals surface area contributed by atoms with Crippen LogP contribution < -0.4 is 0 Å². The average Bonchev–Trinajstić information content (AvgIpc) is 3.03. The van der Waals surface area contributed by atoms with E-state index in [1.54, 1.807) is 0 Å². The Bertz CT molecular complexity index is 675. The average molecular weight is 258 g/mol. The molecule has 0 aliphatic rings. The summed E-state index contributed by atoms with van der Waals surface area (Å²) >= 11 is 1.35. The van der Waals surface area contributed by atoms with Crippen LogP contribution in [-0.4, -0.2) is 13.1 Å². The molecule has 0 atom stereocenters. The SMILES string of the molecule is COC(=O)c1sccc1-c1cc2ccccc2o1. The van der Waals surface area contributed by atoms with Crippen LogP contribution in [0.4, 0.5) is 0 Å². The van der Waals surface area contributed by atoms with Crippen LogP contribution in [0.15, 0.2) is 46.2 Å². The van der Waals surface area contributed by atoms with Gasteiger partial charge in [-0.1, -0.05) is 18.2 Å². The number of carbonyl (C=O) groups excluding carboxylic acids is 1. The Labute approximate surface area is 108 Å². The highest BCUT2D eigenvalue weighted by Crippen LogP contribution is 2.33. The Balaban J connectivity index is 2.14. The van der Waals surface area contributed by atoms with Crippen molar-refractivity contribution < 1.29 is 13.9 Å². The lowest BCUT2D eigenvalue weighted by Gasteiger charge is -1.98. The minimum Gasteiger partial charge on any atom is -0.465 e. The lowest BCUT2D eigenvalue weighted by Crippen LogP contribution is -1.99. The molecule has 0 radical (unpaired) electrons. The van der Waals surface area contributed by atoms with Gasteiger partial charge in [-0.05, 0) is 23.6 Å². The molecular formula is C14H10O3S. The highest BCUT2D eigenvalue weighted by atomic mass is 32.1. The third-order valence-corrected chi connectivity index (χ3v) is 3.62. The van der Waals surface area contributed by atoms with Crippen LogP contribution in [-0.2, 0) is 4.74 Å². The Hall–Kier alpha value is -2.07. The monoisotopic (exact) mass is 258 g/mol. The molecule has 0 N–H and O–H groups in total. The van der Waals surface area contributed by atoms with Gasteiger partial charge in [0.1, 0.15) is 16.2 Å². The van der Waals surface area contributed by atoms with E-state index in [0.29, 0.717) is 10.6 Å². The molecule has 0 aliphatic carbocycles. The summed E-state index contributed by atoms with van der Waals surface area (Å²) in [5.74, 6) is 0.360. The molecule has 0 bridgehead atoms. The van der Waals surface area contributed by atoms with Crippen molar-refractivity contribution in [3.05, 3.63) is 46.7 Å². The Morgan fingerprint density at radius 2 is 2.11 bits per heavy atom. The largest absolute Gasteiger partial charge is 0.465 e. The van der Waals surface area contributed by atoms with Gasteiger partial charge in [0.15, 0.2) is 0 Å². The maximum absolute atomic E-state index is 11.6. The van der Waals surface area contributed by atoms with Crippen molar-refractivity contribution in [1.82, 2.24) is 0 Å². The number of thiophene rings is 1. The molecule has 18 heavy (non-hydrogen) atoms. The second-order valence-electron chi connectivity index (χ2n) is 3.80. The first-order valence-electron chi connectivity index (χ1n) is 5.44. The fourth-order valence-electron chi connectivity index (χ4n) is 1.87. The number of hydrogen-bond donors (Lipinski definition) is 0. The molecule has 0 amide bonds. The van der Waals surface area contributed by atoms with E-state index in [-0.39, 0.29) is 5.97 Å². The summed E-state index contributed by atoms with van der Waals surface area (Å²) in [7, 11) is 1.38. The fraction of sp³-hybridized carbons (Fsp3) is 0.0714. The molecule has 3 nitrogen and oxygen atoms in total. The topological polar surface area (TPSA) is 39.4 Å². The van der Waals surface area contributed by atoms with Crippen molar-refractivity contribution in [3.8, 4) is 11.3 Å². The van der Waals surface area contributed by atoms with Gasteiger partial charge in [0.2, 0.25) is 0 Å². The summed E-state index contributed by atoms with van der Waals surface area (Å²) in [5, 5.41) is 2.88. The highest BCUT2D eigenvalue weighted by Gasteiger charge is 2.17. The van der Waals surface area contributed by atoms with E-state index >= 15 is 0 Å². The minimum absolute atomic E-state index is 0.333. The molecule has 0 saturated carbocycles. The van der Waals surface area contributed by atoms with Crippen molar-refractivity contribution in [3.63, 3.8) is 0 Å². The Kier molecular flexibility index (Phi) is 2.64. The van der Waals surface area contributed by atoms with Gasteiger partial charge >= 0.3 is 5.97 Å². The van der Waals surface area contributed by atoms with Crippen LogP contribution in [0, 0.1) is 0 Å². The quantitative estimate of drug-likeness (QED) is 0.653. The molecule has 1 aromatic carbocycles. The smallest absolute Gasteiger partial charge is 0.348 e. The predicted octanol–water partition coefficient (Wildman–Crippen LogP) is 3.95. The van der Waals surface area contributed by atoms with E-state index in [9.17, 15) is 4.79 Å². The Morgan fingerprint density at radius 1 is 1.28 bits per heavy atom. The summed E-state index contributed by atoms with van der Waals surface area (Å²) in [6.07, 6.45) is 0. The number of hydrogen-bond acceptors (Lipinski definition) is 4. The molecule has 2 aromatic heterocycles. The number of esters is 1. The summed E-state index contributed by atoms with van der Waals surface area (Å²) in [5.41, 5.74) is 1.59. The van der Waals surface area contributed by atoms with Crippen LogP contribution >= 0.6 is 11.3 Å². The predicted molar refractivity (Wildman–Crippen MR) is 70.9 cm³/mol. The maximum Gasteiger partial charge on any atom is 0.348 e. The molecule has 0 fully saturated rings. The first kappa shape index (κ1) is 11.0.